The van der Waals surface area contributed by atoms with Crippen molar-refractivity contribution >= 4 is 23.5 Å². The maximum absolute atomic E-state index is 12.4. The lowest BCUT2D eigenvalue weighted by molar-refractivity contribution is -0.128. The van der Waals surface area contributed by atoms with E-state index in [2.05, 4.69) is 17.0 Å². The summed E-state index contributed by atoms with van der Waals surface area (Å²) in [5.74, 6) is -1.08. The van der Waals surface area contributed by atoms with E-state index in [9.17, 15) is 9.59 Å². The molecule has 1 amide bonds. The Labute approximate surface area is 157 Å². The molecular formula is C19H22ClN3O3. The molecule has 0 aliphatic heterocycles. The smallest absolute Gasteiger partial charge is 0.343 e. The van der Waals surface area contributed by atoms with Crippen molar-refractivity contribution < 1.29 is 14.3 Å². The number of hydrogen-bond acceptors (Lipinski definition) is 4. The molecule has 1 heterocycles. The Hall–Kier alpha value is -2.60. The van der Waals surface area contributed by atoms with Crippen LogP contribution in [0.5, 0.6) is 0 Å². The van der Waals surface area contributed by atoms with Gasteiger partial charge in [-0.2, -0.15) is 5.10 Å². The van der Waals surface area contributed by atoms with E-state index in [0.717, 1.165) is 11.1 Å². The molecule has 7 heteroatoms. The van der Waals surface area contributed by atoms with Gasteiger partial charge in [0.15, 0.2) is 6.10 Å². The van der Waals surface area contributed by atoms with E-state index >= 15 is 0 Å². The molecule has 0 aliphatic rings. The second-order valence-corrected chi connectivity index (χ2v) is 6.33. The number of aromatic nitrogens is 2. The van der Waals surface area contributed by atoms with Crippen molar-refractivity contribution in [3.63, 3.8) is 0 Å². The summed E-state index contributed by atoms with van der Waals surface area (Å²) in [6, 6.07) is 7.95. The summed E-state index contributed by atoms with van der Waals surface area (Å²) in [6.45, 7) is 9.43. The average molecular weight is 376 g/mol. The van der Waals surface area contributed by atoms with Gasteiger partial charge in [0, 0.05) is 6.54 Å². The van der Waals surface area contributed by atoms with Crippen LogP contribution in [-0.2, 0) is 16.1 Å². The second kappa shape index (κ2) is 8.67. The van der Waals surface area contributed by atoms with Crippen LogP contribution in [0.4, 0.5) is 0 Å². The number of benzene rings is 1. The van der Waals surface area contributed by atoms with Crippen LogP contribution >= 0.6 is 11.6 Å². The first-order chi connectivity index (χ1) is 12.3. The van der Waals surface area contributed by atoms with E-state index in [1.807, 2.05) is 31.2 Å². The number of carbonyl (C=O) groups is 2. The Morgan fingerprint density at radius 1 is 1.35 bits per heavy atom. The minimum atomic E-state index is -0.946. The standard InChI is InChI=1S/C19H22ClN3O3/c1-5-10-21-18(24)14(4)26-19(25)16-13(3)22-23(17(16)20)11-15-8-6-12(2)7-9-15/h5-9,14H,1,10-11H2,2-4H3,(H,21,24)/t14-/m1/s1. The number of hydrogen-bond donors (Lipinski definition) is 1. The molecule has 1 aromatic heterocycles. The van der Waals surface area contributed by atoms with E-state index in [4.69, 9.17) is 16.3 Å². The van der Waals surface area contributed by atoms with Crippen LogP contribution < -0.4 is 5.32 Å². The number of nitrogens with one attached hydrogen (secondary N) is 1. The molecule has 2 rings (SSSR count). The van der Waals surface area contributed by atoms with Crippen LogP contribution in [-0.4, -0.2) is 34.3 Å². The van der Waals surface area contributed by atoms with Gasteiger partial charge in [-0.25, -0.2) is 9.48 Å². The number of halogens is 1. The molecule has 26 heavy (non-hydrogen) atoms. The monoisotopic (exact) mass is 375 g/mol. The molecule has 0 spiro atoms. The fraction of sp³-hybridized carbons (Fsp3) is 0.316. The summed E-state index contributed by atoms with van der Waals surface area (Å²) in [5.41, 5.74) is 2.79. The van der Waals surface area contributed by atoms with Gasteiger partial charge in [0.1, 0.15) is 10.7 Å². The number of amides is 1. The van der Waals surface area contributed by atoms with Crippen LogP contribution in [0.15, 0.2) is 36.9 Å². The molecule has 0 fully saturated rings. The molecule has 2 aromatic rings. The fourth-order valence-corrected chi connectivity index (χ4v) is 2.66. The van der Waals surface area contributed by atoms with Crippen molar-refractivity contribution in [2.75, 3.05) is 6.54 Å². The maximum Gasteiger partial charge on any atom is 0.343 e. The van der Waals surface area contributed by atoms with Gasteiger partial charge in [-0.05, 0) is 26.3 Å². The van der Waals surface area contributed by atoms with Crippen molar-refractivity contribution in [1.29, 1.82) is 0 Å². The van der Waals surface area contributed by atoms with Crippen molar-refractivity contribution in [3.05, 3.63) is 64.5 Å². The first kappa shape index (κ1) is 19.7. The van der Waals surface area contributed by atoms with Gasteiger partial charge in [-0.15, -0.1) is 6.58 Å². The van der Waals surface area contributed by atoms with Crippen molar-refractivity contribution in [2.45, 2.75) is 33.4 Å². The van der Waals surface area contributed by atoms with Gasteiger partial charge in [-0.3, -0.25) is 4.79 Å². The van der Waals surface area contributed by atoms with Gasteiger partial charge in [-0.1, -0.05) is 47.5 Å². The zero-order valence-corrected chi connectivity index (χ0v) is 15.8. The van der Waals surface area contributed by atoms with Gasteiger partial charge in [0.25, 0.3) is 5.91 Å². The summed E-state index contributed by atoms with van der Waals surface area (Å²) in [6.07, 6.45) is 0.598. The van der Waals surface area contributed by atoms with Crippen molar-refractivity contribution in [3.8, 4) is 0 Å². The summed E-state index contributed by atoms with van der Waals surface area (Å²) < 4.78 is 6.76. The first-order valence-corrected chi connectivity index (χ1v) is 8.59. The number of nitrogens with zero attached hydrogens (tertiary/aromatic N) is 2. The van der Waals surface area contributed by atoms with E-state index in [1.165, 1.54) is 6.92 Å². The minimum Gasteiger partial charge on any atom is -0.449 e. The minimum absolute atomic E-state index is 0.169. The molecule has 1 atom stereocenters. The van der Waals surface area contributed by atoms with E-state index in [1.54, 1.807) is 17.7 Å². The maximum atomic E-state index is 12.4. The summed E-state index contributed by atoms with van der Waals surface area (Å²) in [7, 11) is 0. The highest BCUT2D eigenvalue weighted by molar-refractivity contribution is 6.32. The number of ether oxygens (including phenoxy) is 1. The first-order valence-electron chi connectivity index (χ1n) is 8.21. The number of carbonyl (C=O) groups excluding carboxylic acids is 2. The molecule has 138 valence electrons. The molecule has 0 aliphatic carbocycles. The molecule has 0 unspecified atom stereocenters. The lowest BCUT2D eigenvalue weighted by atomic mass is 10.1. The largest absolute Gasteiger partial charge is 0.449 e. The van der Waals surface area contributed by atoms with E-state index < -0.39 is 18.0 Å². The topological polar surface area (TPSA) is 73.2 Å². The normalized spacial score (nSPS) is 11.7. The fourth-order valence-electron chi connectivity index (χ4n) is 2.35. The summed E-state index contributed by atoms with van der Waals surface area (Å²) in [4.78, 5) is 24.2. The average Bonchev–Trinajstić information content (AvgIpc) is 2.88. The summed E-state index contributed by atoms with van der Waals surface area (Å²) in [5, 5.41) is 7.08. The predicted octanol–water partition coefficient (Wildman–Crippen LogP) is 3.05. The number of rotatable bonds is 7. The Bertz CT molecular complexity index is 812. The third-order valence-electron chi connectivity index (χ3n) is 3.80. The summed E-state index contributed by atoms with van der Waals surface area (Å²) >= 11 is 6.34. The molecular weight excluding hydrogens is 354 g/mol. The van der Waals surface area contributed by atoms with E-state index in [-0.39, 0.29) is 10.7 Å². The molecule has 0 radical (unpaired) electrons. The number of aryl methyl sites for hydroxylation is 2. The molecule has 0 saturated carbocycles. The molecule has 0 bridgehead atoms. The van der Waals surface area contributed by atoms with Crippen LogP contribution in [0.1, 0.15) is 34.1 Å². The molecule has 1 N–H and O–H groups in total. The third kappa shape index (κ3) is 4.73. The van der Waals surface area contributed by atoms with Gasteiger partial charge in [0.2, 0.25) is 0 Å². The quantitative estimate of drug-likeness (QED) is 0.596. The molecule has 1 aromatic carbocycles. The lowest BCUT2D eigenvalue weighted by Gasteiger charge is -2.12. The zero-order chi connectivity index (χ0) is 19.3. The highest BCUT2D eigenvalue weighted by Gasteiger charge is 2.25. The SMILES string of the molecule is C=CCNC(=O)[C@@H](C)OC(=O)c1c(C)nn(Cc2ccc(C)cc2)c1Cl. The van der Waals surface area contributed by atoms with Gasteiger partial charge >= 0.3 is 5.97 Å². The highest BCUT2D eigenvalue weighted by atomic mass is 35.5. The van der Waals surface area contributed by atoms with E-state index in [0.29, 0.717) is 18.8 Å². The Balaban J connectivity index is 2.13. The molecule has 6 nitrogen and oxygen atoms in total. The second-order valence-electron chi connectivity index (χ2n) is 5.98. The van der Waals surface area contributed by atoms with Crippen LogP contribution in [0, 0.1) is 13.8 Å². The zero-order valence-electron chi connectivity index (χ0n) is 15.1. The predicted molar refractivity (Wildman–Crippen MR) is 100 cm³/mol. The van der Waals surface area contributed by atoms with Crippen molar-refractivity contribution in [2.24, 2.45) is 0 Å². The van der Waals surface area contributed by atoms with Crippen molar-refractivity contribution in [1.82, 2.24) is 15.1 Å². The Morgan fingerprint density at radius 2 is 2.00 bits per heavy atom. The Kier molecular flexibility index (Phi) is 6.58. The molecule has 0 saturated heterocycles. The van der Waals surface area contributed by atoms with Gasteiger partial charge < -0.3 is 10.1 Å². The van der Waals surface area contributed by atoms with Gasteiger partial charge in [0.05, 0.1) is 12.2 Å². The Morgan fingerprint density at radius 3 is 2.62 bits per heavy atom. The third-order valence-corrected chi connectivity index (χ3v) is 4.18. The van der Waals surface area contributed by atoms with Crippen LogP contribution in [0.2, 0.25) is 5.15 Å². The van der Waals surface area contributed by atoms with Crippen LogP contribution in [0.25, 0.3) is 0 Å². The number of esters is 1. The van der Waals surface area contributed by atoms with Crippen LogP contribution in [0.3, 0.4) is 0 Å². The lowest BCUT2D eigenvalue weighted by Crippen LogP contribution is -2.35. The highest BCUT2D eigenvalue weighted by Crippen LogP contribution is 2.22.